The third kappa shape index (κ3) is 12.2. The molecule has 0 aromatic rings. The minimum Gasteiger partial charge on any atom is -0.0628 e. The molecule has 0 aliphatic rings. The number of rotatable bonds is 10. The van der Waals surface area contributed by atoms with Crippen LogP contribution in [0.5, 0.6) is 0 Å². The van der Waals surface area contributed by atoms with Crippen LogP contribution in [0, 0.1) is 23.7 Å². The Kier molecular flexibility index (Phi) is 9.97. The van der Waals surface area contributed by atoms with Crippen molar-refractivity contribution in [3.63, 3.8) is 0 Å². The van der Waals surface area contributed by atoms with E-state index < -0.39 is 0 Å². The van der Waals surface area contributed by atoms with Crippen molar-refractivity contribution in [2.45, 2.75) is 86.5 Å². The minimum atomic E-state index is 0.880. The summed E-state index contributed by atoms with van der Waals surface area (Å²) in [6.07, 6.45) is 9.87. The lowest BCUT2D eigenvalue weighted by Gasteiger charge is -2.16. The fraction of sp³-hybridized carbons (Fsp3) is 0.941. The van der Waals surface area contributed by atoms with Crippen molar-refractivity contribution in [3.8, 4) is 0 Å². The molecule has 2 unspecified atom stereocenters. The zero-order valence-corrected chi connectivity index (χ0v) is 13.2. The van der Waals surface area contributed by atoms with Crippen molar-refractivity contribution >= 4 is 0 Å². The van der Waals surface area contributed by atoms with Crippen molar-refractivity contribution in [2.75, 3.05) is 0 Å². The van der Waals surface area contributed by atoms with Crippen LogP contribution in [0.25, 0.3) is 0 Å². The number of hydrogen-bond acceptors (Lipinski definition) is 0. The molecule has 0 aromatic carbocycles. The van der Waals surface area contributed by atoms with Gasteiger partial charge in [-0.05, 0) is 30.1 Å². The maximum Gasteiger partial charge on any atom is -0.0300 e. The highest BCUT2D eigenvalue weighted by molar-refractivity contribution is 4.79. The van der Waals surface area contributed by atoms with Crippen LogP contribution < -0.4 is 0 Å². The molecule has 0 N–H and O–H groups in total. The molecule has 0 spiro atoms. The molecular formula is C17H35. The Morgan fingerprint density at radius 2 is 1.18 bits per heavy atom. The summed E-state index contributed by atoms with van der Waals surface area (Å²) in [6, 6.07) is 0. The topological polar surface area (TPSA) is 0 Å². The first-order valence-corrected chi connectivity index (χ1v) is 7.70. The van der Waals surface area contributed by atoms with E-state index in [4.69, 9.17) is 0 Å². The Labute approximate surface area is 111 Å². The van der Waals surface area contributed by atoms with Crippen LogP contribution in [0.1, 0.15) is 86.5 Å². The molecule has 0 nitrogen and oxygen atoms in total. The van der Waals surface area contributed by atoms with Gasteiger partial charge in [-0.15, -0.1) is 0 Å². The standard InChI is InChI=1S/C17H35/c1-14(2)9-7-10-16(5)11-8-12-17(6)13-15(3)4/h14,16-17H,7-13H2,1-6H3. The van der Waals surface area contributed by atoms with Crippen LogP contribution in [-0.2, 0) is 0 Å². The molecule has 0 bridgehead atoms. The van der Waals surface area contributed by atoms with Gasteiger partial charge in [0.25, 0.3) is 0 Å². The molecule has 0 saturated heterocycles. The highest BCUT2D eigenvalue weighted by Crippen LogP contribution is 2.22. The molecule has 0 aliphatic carbocycles. The van der Waals surface area contributed by atoms with E-state index >= 15 is 0 Å². The lowest BCUT2D eigenvalue weighted by Crippen LogP contribution is -2.01. The average Bonchev–Trinajstić information content (AvgIpc) is 2.15. The van der Waals surface area contributed by atoms with Crippen LogP contribution in [0.4, 0.5) is 0 Å². The lowest BCUT2D eigenvalue weighted by molar-refractivity contribution is 0.395. The first kappa shape index (κ1) is 17.0. The molecule has 2 atom stereocenters. The first-order valence-electron chi connectivity index (χ1n) is 7.70. The quantitative estimate of drug-likeness (QED) is 0.422. The van der Waals surface area contributed by atoms with Crippen LogP contribution in [-0.4, -0.2) is 0 Å². The van der Waals surface area contributed by atoms with E-state index in [1.807, 2.05) is 0 Å². The van der Waals surface area contributed by atoms with E-state index in [0.29, 0.717) is 0 Å². The second kappa shape index (κ2) is 9.97. The van der Waals surface area contributed by atoms with Gasteiger partial charge in [-0.2, -0.15) is 0 Å². The van der Waals surface area contributed by atoms with Gasteiger partial charge in [-0.1, -0.05) is 80.1 Å². The summed E-state index contributed by atoms with van der Waals surface area (Å²) >= 11 is 0. The van der Waals surface area contributed by atoms with Gasteiger partial charge in [0, 0.05) is 0 Å². The Balaban J connectivity index is 3.41. The summed E-state index contributed by atoms with van der Waals surface area (Å²) in [7, 11) is 0. The summed E-state index contributed by atoms with van der Waals surface area (Å²) in [5, 5.41) is 0. The van der Waals surface area contributed by atoms with Gasteiger partial charge in [0.2, 0.25) is 0 Å². The van der Waals surface area contributed by atoms with Crippen LogP contribution in [0.2, 0.25) is 0 Å². The normalized spacial score (nSPS) is 15.5. The maximum absolute atomic E-state index is 2.43. The third-order valence-corrected chi connectivity index (χ3v) is 3.63. The summed E-state index contributed by atoms with van der Waals surface area (Å²) in [4.78, 5) is 0. The van der Waals surface area contributed by atoms with Crippen LogP contribution in [0.3, 0.4) is 0 Å². The van der Waals surface area contributed by atoms with Gasteiger partial charge in [0.05, 0.1) is 0 Å². The summed E-state index contributed by atoms with van der Waals surface area (Å²) in [5.41, 5.74) is 0. The zero-order valence-electron chi connectivity index (χ0n) is 13.2. The fourth-order valence-electron chi connectivity index (χ4n) is 2.63. The fourth-order valence-corrected chi connectivity index (χ4v) is 2.63. The van der Waals surface area contributed by atoms with Crippen molar-refractivity contribution in [3.05, 3.63) is 5.92 Å². The molecule has 0 heteroatoms. The SMILES string of the molecule is C[C](C)CC(C)CCCC(C)CCCC(C)C. The molecule has 0 heterocycles. The van der Waals surface area contributed by atoms with Gasteiger partial charge in [0.1, 0.15) is 0 Å². The Morgan fingerprint density at radius 1 is 0.706 bits per heavy atom. The van der Waals surface area contributed by atoms with Crippen LogP contribution >= 0.6 is 0 Å². The highest BCUT2D eigenvalue weighted by Gasteiger charge is 2.07. The molecule has 103 valence electrons. The van der Waals surface area contributed by atoms with Gasteiger partial charge < -0.3 is 0 Å². The van der Waals surface area contributed by atoms with Gasteiger partial charge in [-0.3, -0.25) is 0 Å². The Hall–Kier alpha value is 0. The smallest absolute Gasteiger partial charge is 0.0300 e. The molecule has 0 rings (SSSR count). The van der Waals surface area contributed by atoms with Crippen molar-refractivity contribution < 1.29 is 0 Å². The molecule has 0 saturated carbocycles. The lowest BCUT2D eigenvalue weighted by atomic mass is 9.90. The molecule has 1 radical (unpaired) electrons. The highest BCUT2D eigenvalue weighted by atomic mass is 14.1. The van der Waals surface area contributed by atoms with E-state index in [-0.39, 0.29) is 0 Å². The Morgan fingerprint density at radius 3 is 1.65 bits per heavy atom. The van der Waals surface area contributed by atoms with E-state index in [0.717, 1.165) is 17.8 Å². The van der Waals surface area contributed by atoms with E-state index in [9.17, 15) is 0 Å². The average molecular weight is 239 g/mol. The maximum atomic E-state index is 2.43. The van der Waals surface area contributed by atoms with E-state index in [1.54, 1.807) is 5.92 Å². The van der Waals surface area contributed by atoms with Crippen LogP contribution in [0.15, 0.2) is 0 Å². The second-order valence-electron chi connectivity index (χ2n) is 6.88. The molecule has 0 amide bonds. The monoisotopic (exact) mass is 239 g/mol. The summed E-state index contributed by atoms with van der Waals surface area (Å²) in [5.74, 6) is 4.29. The van der Waals surface area contributed by atoms with Gasteiger partial charge in [0.15, 0.2) is 0 Å². The summed E-state index contributed by atoms with van der Waals surface area (Å²) < 4.78 is 0. The summed E-state index contributed by atoms with van der Waals surface area (Å²) in [6.45, 7) is 14.0. The van der Waals surface area contributed by atoms with E-state index in [1.165, 1.54) is 44.9 Å². The Bertz CT molecular complexity index is 157. The second-order valence-corrected chi connectivity index (χ2v) is 6.88. The van der Waals surface area contributed by atoms with Crippen molar-refractivity contribution in [1.82, 2.24) is 0 Å². The minimum absolute atomic E-state index is 0.880. The van der Waals surface area contributed by atoms with Gasteiger partial charge >= 0.3 is 0 Å². The third-order valence-electron chi connectivity index (χ3n) is 3.63. The molecule has 0 aliphatic heterocycles. The van der Waals surface area contributed by atoms with Crippen molar-refractivity contribution in [2.24, 2.45) is 17.8 Å². The molecular weight excluding hydrogens is 204 g/mol. The zero-order chi connectivity index (χ0) is 13.3. The van der Waals surface area contributed by atoms with E-state index in [2.05, 4.69) is 41.5 Å². The number of hydrogen-bond donors (Lipinski definition) is 0. The molecule has 0 fully saturated rings. The van der Waals surface area contributed by atoms with Crippen molar-refractivity contribution in [1.29, 1.82) is 0 Å². The molecule has 0 aromatic heterocycles. The predicted octanol–water partition coefficient (Wildman–Crippen LogP) is 6.26. The van der Waals surface area contributed by atoms with Gasteiger partial charge in [-0.25, -0.2) is 0 Å². The largest absolute Gasteiger partial charge is 0.0628 e. The first-order chi connectivity index (χ1) is 7.91. The molecule has 17 heavy (non-hydrogen) atoms. The predicted molar refractivity (Wildman–Crippen MR) is 80.1 cm³/mol.